The van der Waals surface area contributed by atoms with Crippen molar-refractivity contribution in [3.05, 3.63) is 53.1 Å². The van der Waals surface area contributed by atoms with Crippen molar-refractivity contribution in [2.45, 2.75) is 44.9 Å². The number of nitrogens with zero attached hydrogens (tertiary/aromatic N) is 2. The van der Waals surface area contributed by atoms with E-state index in [0.29, 0.717) is 37.4 Å². The second-order valence-corrected chi connectivity index (χ2v) is 9.35. The van der Waals surface area contributed by atoms with Gasteiger partial charge < -0.3 is 20.1 Å². The van der Waals surface area contributed by atoms with Gasteiger partial charge in [-0.2, -0.15) is 5.10 Å². The van der Waals surface area contributed by atoms with Crippen LogP contribution < -0.4 is 10.6 Å². The van der Waals surface area contributed by atoms with Gasteiger partial charge in [-0.3, -0.25) is 15.2 Å². The molecule has 10 heteroatoms. The minimum absolute atomic E-state index is 0.0674. The Hall–Kier alpha value is -3.76. The third kappa shape index (κ3) is 4.02. The van der Waals surface area contributed by atoms with Crippen molar-refractivity contribution < 1.29 is 19.0 Å². The summed E-state index contributed by atoms with van der Waals surface area (Å²) in [5.41, 5.74) is 5.64. The maximum Gasteiger partial charge on any atom is 0.323 e. The zero-order chi connectivity index (χ0) is 24.8. The monoisotopic (exact) mass is 490 g/mol. The number of aryl methyl sites for hydroxylation is 1. The van der Waals surface area contributed by atoms with Gasteiger partial charge in [0, 0.05) is 24.9 Å². The number of rotatable bonds is 5. The molecular formula is C26H27FN6O3. The number of carbonyl (C=O) groups is 1. The molecule has 2 aromatic heterocycles. The summed E-state index contributed by atoms with van der Waals surface area (Å²) in [5.74, 6) is -0.610. The first-order chi connectivity index (χ1) is 17.5. The molecule has 5 N–H and O–H groups in total. The van der Waals surface area contributed by atoms with Crippen LogP contribution in [0.4, 0.5) is 4.39 Å². The van der Waals surface area contributed by atoms with Crippen molar-refractivity contribution in [3.63, 3.8) is 0 Å². The quantitative estimate of drug-likeness (QED) is 0.272. The fourth-order valence-corrected chi connectivity index (χ4v) is 5.04. The van der Waals surface area contributed by atoms with Crippen LogP contribution in [0.1, 0.15) is 30.3 Å². The molecule has 1 unspecified atom stereocenters. The molecule has 0 bridgehead atoms. The van der Waals surface area contributed by atoms with Crippen LogP contribution in [0.3, 0.4) is 0 Å². The van der Waals surface area contributed by atoms with Crippen LogP contribution in [0.25, 0.3) is 33.5 Å². The number of phenols is 1. The van der Waals surface area contributed by atoms with Crippen LogP contribution in [0.5, 0.6) is 5.75 Å². The van der Waals surface area contributed by atoms with E-state index in [1.165, 1.54) is 12.1 Å². The van der Waals surface area contributed by atoms with Crippen molar-refractivity contribution in [2.24, 2.45) is 0 Å². The highest BCUT2D eigenvalue weighted by Gasteiger charge is 2.31. The van der Waals surface area contributed by atoms with E-state index in [1.807, 2.05) is 25.1 Å². The fourth-order valence-electron chi connectivity index (χ4n) is 5.04. The number of aromatic nitrogens is 4. The number of H-pyrrole nitrogens is 2. The molecule has 2 aromatic carbocycles. The fraction of sp³-hybridized carbons (Fsp3) is 0.346. The lowest BCUT2D eigenvalue weighted by molar-refractivity contribution is -0.150. The minimum Gasteiger partial charge on any atom is -0.505 e. The molecule has 186 valence electrons. The van der Waals surface area contributed by atoms with E-state index in [-0.39, 0.29) is 17.8 Å². The Labute approximate surface area is 206 Å². The molecule has 1 saturated heterocycles. The molecule has 4 heterocycles. The molecule has 6 rings (SSSR count). The first kappa shape index (κ1) is 22.7. The number of benzene rings is 2. The van der Waals surface area contributed by atoms with E-state index in [4.69, 9.17) is 9.72 Å². The van der Waals surface area contributed by atoms with E-state index in [9.17, 15) is 14.3 Å². The Balaban J connectivity index is 1.26. The lowest BCUT2D eigenvalue weighted by atomic mass is 9.96. The normalized spacial score (nSPS) is 19.5. The largest absolute Gasteiger partial charge is 0.505 e. The average Bonchev–Trinajstić information content (AvgIpc) is 3.63. The molecule has 0 radical (unpaired) electrons. The third-order valence-corrected chi connectivity index (χ3v) is 7.02. The maximum absolute atomic E-state index is 14.1. The van der Waals surface area contributed by atoms with Crippen LogP contribution in [0, 0.1) is 5.82 Å². The number of halogens is 1. The van der Waals surface area contributed by atoms with Crippen molar-refractivity contribution in [2.75, 3.05) is 13.1 Å². The number of ether oxygens (including phenoxy) is 1. The zero-order valence-corrected chi connectivity index (χ0v) is 19.8. The maximum atomic E-state index is 14.1. The molecule has 0 aliphatic carbocycles. The number of imidazole rings is 1. The predicted octanol–water partition coefficient (Wildman–Crippen LogP) is 2.95. The molecule has 2 atom stereocenters. The summed E-state index contributed by atoms with van der Waals surface area (Å²) < 4.78 is 19.7. The van der Waals surface area contributed by atoms with E-state index in [1.54, 1.807) is 0 Å². The van der Waals surface area contributed by atoms with Crippen LogP contribution >= 0.6 is 0 Å². The Morgan fingerprint density at radius 2 is 2.17 bits per heavy atom. The number of hydrogen-bond donors (Lipinski definition) is 5. The van der Waals surface area contributed by atoms with Gasteiger partial charge in [0.05, 0.1) is 16.9 Å². The molecule has 0 spiro atoms. The Kier molecular flexibility index (Phi) is 5.69. The molecule has 2 aliphatic rings. The summed E-state index contributed by atoms with van der Waals surface area (Å²) in [7, 11) is 0. The smallest absolute Gasteiger partial charge is 0.323 e. The number of aromatic hydroxyl groups is 1. The summed E-state index contributed by atoms with van der Waals surface area (Å²) in [6.45, 7) is 4.02. The molecule has 36 heavy (non-hydrogen) atoms. The SMILES string of the molecule is CCc1cc(O)c(F)cc1-c1ccc2c(-c3nc4c([nH]3)CNC(C(=O)O[C@@H]3CCNC3)C4)n[nH]c2c1. The average molecular weight is 491 g/mol. The first-order valence-electron chi connectivity index (χ1n) is 12.2. The van der Waals surface area contributed by atoms with Crippen LogP contribution in [0.2, 0.25) is 0 Å². The van der Waals surface area contributed by atoms with Gasteiger partial charge in [0.15, 0.2) is 17.4 Å². The Morgan fingerprint density at radius 1 is 1.28 bits per heavy atom. The first-order valence-corrected chi connectivity index (χ1v) is 12.2. The highest BCUT2D eigenvalue weighted by atomic mass is 19.1. The number of hydrogen-bond acceptors (Lipinski definition) is 7. The van der Waals surface area contributed by atoms with Crippen molar-refractivity contribution in [1.82, 2.24) is 30.8 Å². The van der Waals surface area contributed by atoms with E-state index in [2.05, 4.69) is 25.8 Å². The number of esters is 1. The van der Waals surface area contributed by atoms with Gasteiger partial charge in [-0.1, -0.05) is 13.0 Å². The lowest BCUT2D eigenvalue weighted by Crippen LogP contribution is -2.44. The topological polar surface area (TPSA) is 128 Å². The van der Waals surface area contributed by atoms with E-state index < -0.39 is 11.9 Å². The Morgan fingerprint density at radius 3 is 2.97 bits per heavy atom. The number of carbonyl (C=O) groups excluding carboxylic acids is 1. The number of aromatic amines is 2. The van der Waals surface area contributed by atoms with Gasteiger partial charge in [-0.05, 0) is 60.3 Å². The molecule has 0 saturated carbocycles. The van der Waals surface area contributed by atoms with Crippen LogP contribution in [-0.2, 0) is 28.9 Å². The molecule has 4 aromatic rings. The van der Waals surface area contributed by atoms with Gasteiger partial charge in [-0.25, -0.2) is 9.37 Å². The van der Waals surface area contributed by atoms with E-state index in [0.717, 1.165) is 51.9 Å². The highest BCUT2D eigenvalue weighted by Crippen LogP contribution is 2.34. The molecule has 0 amide bonds. The van der Waals surface area contributed by atoms with Crippen molar-refractivity contribution in [3.8, 4) is 28.4 Å². The summed E-state index contributed by atoms with van der Waals surface area (Å²) in [4.78, 5) is 20.7. The summed E-state index contributed by atoms with van der Waals surface area (Å²) in [5, 5.41) is 24.6. The van der Waals surface area contributed by atoms with Crippen molar-refractivity contribution >= 4 is 16.9 Å². The van der Waals surface area contributed by atoms with Crippen LogP contribution in [-0.4, -0.2) is 56.5 Å². The molecular weight excluding hydrogens is 463 g/mol. The van der Waals surface area contributed by atoms with Crippen LogP contribution in [0.15, 0.2) is 30.3 Å². The van der Waals surface area contributed by atoms with Gasteiger partial charge >= 0.3 is 5.97 Å². The van der Waals surface area contributed by atoms with Gasteiger partial charge in [0.2, 0.25) is 0 Å². The summed E-state index contributed by atoms with van der Waals surface area (Å²) in [6.07, 6.45) is 1.88. The number of phenolic OH excluding ortho intramolecular Hbond substituents is 1. The van der Waals surface area contributed by atoms with Gasteiger partial charge in [0.25, 0.3) is 0 Å². The highest BCUT2D eigenvalue weighted by molar-refractivity contribution is 5.94. The molecule has 2 aliphatic heterocycles. The second-order valence-electron chi connectivity index (χ2n) is 9.35. The van der Waals surface area contributed by atoms with Crippen molar-refractivity contribution in [1.29, 1.82) is 0 Å². The lowest BCUT2D eigenvalue weighted by Gasteiger charge is -2.23. The number of fused-ring (bicyclic) bond motifs is 2. The van der Waals surface area contributed by atoms with E-state index >= 15 is 0 Å². The Bertz CT molecular complexity index is 1460. The third-order valence-electron chi connectivity index (χ3n) is 7.02. The second kappa shape index (κ2) is 9.03. The van der Waals surface area contributed by atoms with Gasteiger partial charge in [0.1, 0.15) is 17.8 Å². The van der Waals surface area contributed by atoms with Gasteiger partial charge in [-0.15, -0.1) is 0 Å². The minimum atomic E-state index is -0.649. The predicted molar refractivity (Wildman–Crippen MR) is 132 cm³/mol. The summed E-state index contributed by atoms with van der Waals surface area (Å²) >= 11 is 0. The summed E-state index contributed by atoms with van der Waals surface area (Å²) in [6, 6.07) is 8.19. The molecule has 1 fully saturated rings. The number of nitrogens with one attached hydrogen (secondary N) is 4. The zero-order valence-electron chi connectivity index (χ0n) is 19.8. The standard InChI is InChI=1S/C26H27FN6O3/c1-2-13-8-23(34)18(27)9-17(13)14-3-4-16-19(7-14)32-33-24(16)25-30-20-10-21(29-12-22(20)31-25)26(35)36-15-5-6-28-11-15/h3-4,7-9,15,21,28-29,34H,2,5-6,10-12H2,1H3,(H,30,31)(H,32,33)/t15-,21?/m1/s1. The molecule has 9 nitrogen and oxygen atoms in total.